The maximum atomic E-state index is 12.8. The number of carbonyl (C=O) groups is 1. The van der Waals surface area contributed by atoms with Gasteiger partial charge in [0.25, 0.3) is 0 Å². The molecule has 0 aliphatic carbocycles. The lowest BCUT2D eigenvalue weighted by molar-refractivity contribution is -0.137. The number of hydrogen-bond acceptors (Lipinski definition) is 2. The molecule has 0 unspecified atom stereocenters. The van der Waals surface area contributed by atoms with E-state index in [1.165, 1.54) is 12.1 Å². The van der Waals surface area contributed by atoms with Gasteiger partial charge in [0.15, 0.2) is 0 Å². The Labute approximate surface area is 134 Å². The van der Waals surface area contributed by atoms with Crippen molar-refractivity contribution in [3.63, 3.8) is 0 Å². The Balaban J connectivity index is 1.96. The monoisotopic (exact) mass is 328 g/mol. The number of amides is 1. The highest BCUT2D eigenvalue weighted by Crippen LogP contribution is 2.30. The van der Waals surface area contributed by atoms with E-state index in [1.807, 2.05) is 6.92 Å². The van der Waals surface area contributed by atoms with E-state index in [4.69, 9.17) is 0 Å². The summed E-state index contributed by atoms with van der Waals surface area (Å²) in [5, 5.41) is 2.90. The number of piperidine rings is 1. The van der Waals surface area contributed by atoms with Gasteiger partial charge in [0.2, 0.25) is 5.91 Å². The lowest BCUT2D eigenvalue weighted by atomic mass is 9.96. The highest BCUT2D eigenvalue weighted by Gasteiger charge is 2.31. The van der Waals surface area contributed by atoms with Crippen LogP contribution in [-0.4, -0.2) is 30.4 Å². The minimum atomic E-state index is -4.32. The zero-order chi connectivity index (χ0) is 16.9. The largest absolute Gasteiger partial charge is 0.416 e. The normalized spacial score (nSPS) is 19.6. The average Bonchev–Trinajstić information content (AvgIpc) is 2.52. The number of likely N-dealkylation sites (tertiary alicyclic amines) is 1. The predicted molar refractivity (Wildman–Crippen MR) is 82.7 cm³/mol. The molecule has 1 atom stereocenters. The van der Waals surface area contributed by atoms with Gasteiger partial charge in [-0.1, -0.05) is 25.1 Å². The van der Waals surface area contributed by atoms with Crippen molar-refractivity contribution in [2.45, 2.75) is 38.9 Å². The fourth-order valence-corrected chi connectivity index (χ4v) is 2.91. The fourth-order valence-electron chi connectivity index (χ4n) is 2.91. The molecule has 23 heavy (non-hydrogen) atoms. The molecule has 1 N–H and O–H groups in total. The molecule has 1 heterocycles. The van der Waals surface area contributed by atoms with Crippen LogP contribution in [0.3, 0.4) is 0 Å². The lowest BCUT2D eigenvalue weighted by Crippen LogP contribution is -2.42. The number of hydrogen-bond donors (Lipinski definition) is 1. The molecule has 1 aliphatic heterocycles. The number of alkyl halides is 3. The molecule has 0 radical (unpaired) electrons. The molecule has 0 aromatic heterocycles. The minimum Gasteiger partial charge on any atom is -0.356 e. The summed E-state index contributed by atoms with van der Waals surface area (Å²) in [6, 6.07) is 5.42. The molecule has 2 rings (SSSR count). The van der Waals surface area contributed by atoms with Crippen LogP contribution in [0.2, 0.25) is 0 Å². The van der Waals surface area contributed by atoms with Crippen LogP contribution in [0.1, 0.15) is 37.3 Å². The second-order valence-corrected chi connectivity index (χ2v) is 6.06. The van der Waals surface area contributed by atoms with Gasteiger partial charge in [-0.2, -0.15) is 13.2 Å². The molecule has 1 aromatic carbocycles. The first-order valence-electron chi connectivity index (χ1n) is 8.06. The molecule has 1 fully saturated rings. The number of carbonyl (C=O) groups excluding carboxylic acids is 1. The Morgan fingerprint density at radius 1 is 1.39 bits per heavy atom. The van der Waals surface area contributed by atoms with Gasteiger partial charge in [0.1, 0.15) is 0 Å². The van der Waals surface area contributed by atoms with E-state index < -0.39 is 11.7 Å². The number of halogens is 3. The lowest BCUT2D eigenvalue weighted by Gasteiger charge is -2.32. The van der Waals surface area contributed by atoms with Crippen molar-refractivity contribution in [2.24, 2.45) is 5.92 Å². The van der Waals surface area contributed by atoms with Crippen molar-refractivity contribution in [2.75, 3.05) is 19.6 Å². The molecular weight excluding hydrogens is 305 g/mol. The van der Waals surface area contributed by atoms with E-state index in [2.05, 4.69) is 10.2 Å². The van der Waals surface area contributed by atoms with E-state index >= 15 is 0 Å². The second-order valence-electron chi connectivity index (χ2n) is 6.06. The standard InChI is InChI=1S/C17H23F3N2O/c1-2-8-21-16(23)14-6-4-9-22(12-14)11-13-5-3-7-15(10-13)17(18,19)20/h3,5,7,10,14H,2,4,6,8-9,11-12H2,1H3,(H,21,23)/t14-/m0/s1. The van der Waals surface area contributed by atoms with Crippen LogP contribution in [0, 0.1) is 5.92 Å². The summed E-state index contributed by atoms with van der Waals surface area (Å²) in [5.41, 5.74) is 0.0127. The first-order chi connectivity index (χ1) is 10.9. The molecule has 0 bridgehead atoms. The zero-order valence-corrected chi connectivity index (χ0v) is 13.3. The Hall–Kier alpha value is -1.56. The maximum absolute atomic E-state index is 12.8. The van der Waals surface area contributed by atoms with Gasteiger partial charge < -0.3 is 5.32 Å². The van der Waals surface area contributed by atoms with E-state index in [0.29, 0.717) is 25.2 Å². The number of nitrogens with one attached hydrogen (secondary N) is 1. The molecule has 1 aromatic rings. The molecule has 6 heteroatoms. The van der Waals surface area contributed by atoms with Crippen molar-refractivity contribution in [1.29, 1.82) is 0 Å². The maximum Gasteiger partial charge on any atom is 0.416 e. The average molecular weight is 328 g/mol. The quantitative estimate of drug-likeness (QED) is 0.898. The Morgan fingerprint density at radius 2 is 2.17 bits per heavy atom. The third-order valence-electron chi connectivity index (χ3n) is 4.09. The smallest absolute Gasteiger partial charge is 0.356 e. The topological polar surface area (TPSA) is 32.3 Å². The van der Waals surface area contributed by atoms with E-state index in [9.17, 15) is 18.0 Å². The van der Waals surface area contributed by atoms with E-state index in [0.717, 1.165) is 31.9 Å². The summed E-state index contributed by atoms with van der Waals surface area (Å²) in [4.78, 5) is 14.1. The predicted octanol–water partition coefficient (Wildman–Crippen LogP) is 3.44. The molecule has 0 spiro atoms. The van der Waals surface area contributed by atoms with Crippen molar-refractivity contribution in [1.82, 2.24) is 10.2 Å². The van der Waals surface area contributed by atoms with Gasteiger partial charge in [-0.3, -0.25) is 9.69 Å². The summed E-state index contributed by atoms with van der Waals surface area (Å²) in [7, 11) is 0. The van der Waals surface area contributed by atoms with Gasteiger partial charge >= 0.3 is 6.18 Å². The van der Waals surface area contributed by atoms with Crippen LogP contribution >= 0.6 is 0 Å². The first kappa shape index (κ1) is 17.8. The second kappa shape index (κ2) is 7.81. The molecule has 1 saturated heterocycles. The molecule has 0 saturated carbocycles. The van der Waals surface area contributed by atoms with Crippen molar-refractivity contribution in [3.8, 4) is 0 Å². The molecule has 1 aliphatic rings. The first-order valence-corrected chi connectivity index (χ1v) is 8.06. The SMILES string of the molecule is CCCNC(=O)[C@H]1CCCN(Cc2cccc(C(F)(F)F)c2)C1. The van der Waals surface area contributed by atoms with Crippen molar-refractivity contribution in [3.05, 3.63) is 35.4 Å². The Kier molecular flexibility index (Phi) is 6.04. The summed E-state index contributed by atoms with van der Waals surface area (Å²) in [5.74, 6) is -0.0123. The van der Waals surface area contributed by atoms with Gasteiger partial charge in [-0.05, 0) is 37.4 Å². The van der Waals surface area contributed by atoms with Gasteiger partial charge in [-0.25, -0.2) is 0 Å². The van der Waals surface area contributed by atoms with Crippen LogP contribution in [0.5, 0.6) is 0 Å². The number of benzene rings is 1. The summed E-state index contributed by atoms with van der Waals surface area (Å²) in [6.45, 7) is 4.53. The van der Waals surface area contributed by atoms with Crippen molar-refractivity contribution < 1.29 is 18.0 Å². The molecule has 128 valence electrons. The molecular formula is C17H23F3N2O. The van der Waals surface area contributed by atoms with Crippen LogP contribution < -0.4 is 5.32 Å². The fraction of sp³-hybridized carbons (Fsp3) is 0.588. The summed E-state index contributed by atoms with van der Waals surface area (Å²) in [6.07, 6.45) is -1.69. The summed E-state index contributed by atoms with van der Waals surface area (Å²) >= 11 is 0. The molecule has 1 amide bonds. The third kappa shape index (κ3) is 5.23. The molecule has 3 nitrogen and oxygen atoms in total. The van der Waals surface area contributed by atoms with Crippen molar-refractivity contribution >= 4 is 5.91 Å². The highest BCUT2D eigenvalue weighted by molar-refractivity contribution is 5.78. The number of rotatable bonds is 5. The Morgan fingerprint density at radius 3 is 2.87 bits per heavy atom. The summed E-state index contributed by atoms with van der Waals surface area (Å²) < 4.78 is 38.3. The Bertz CT molecular complexity index is 531. The zero-order valence-electron chi connectivity index (χ0n) is 13.3. The van der Waals surface area contributed by atoms with Gasteiger partial charge in [0.05, 0.1) is 11.5 Å². The van der Waals surface area contributed by atoms with Gasteiger partial charge in [-0.15, -0.1) is 0 Å². The highest BCUT2D eigenvalue weighted by atomic mass is 19.4. The van der Waals surface area contributed by atoms with E-state index in [1.54, 1.807) is 6.07 Å². The van der Waals surface area contributed by atoms with Crippen LogP contribution in [0.15, 0.2) is 24.3 Å². The number of nitrogens with zero attached hydrogens (tertiary/aromatic N) is 1. The van der Waals surface area contributed by atoms with E-state index in [-0.39, 0.29) is 11.8 Å². The third-order valence-corrected chi connectivity index (χ3v) is 4.09. The van der Waals surface area contributed by atoms with Crippen LogP contribution in [0.25, 0.3) is 0 Å². The minimum absolute atomic E-state index is 0.0561. The van der Waals surface area contributed by atoms with Crippen LogP contribution in [0.4, 0.5) is 13.2 Å². The van der Waals surface area contributed by atoms with Crippen LogP contribution in [-0.2, 0) is 17.5 Å². The van der Waals surface area contributed by atoms with Gasteiger partial charge in [0, 0.05) is 19.6 Å².